The van der Waals surface area contributed by atoms with E-state index < -0.39 is 42.6 Å². The van der Waals surface area contributed by atoms with Crippen molar-refractivity contribution in [3.05, 3.63) is 40.4 Å². The quantitative estimate of drug-likeness (QED) is 0.409. The summed E-state index contributed by atoms with van der Waals surface area (Å²) in [4.78, 5) is 56.6. The van der Waals surface area contributed by atoms with Gasteiger partial charge in [-0.25, -0.2) is 9.78 Å². The van der Waals surface area contributed by atoms with E-state index in [0.717, 1.165) is 27.4 Å². The molecule has 13 heteroatoms. The van der Waals surface area contributed by atoms with E-state index in [2.05, 4.69) is 10.3 Å². The highest BCUT2D eigenvalue weighted by atomic mass is 32.1. The van der Waals surface area contributed by atoms with Crippen LogP contribution in [0, 0.1) is 6.92 Å². The molecule has 0 bridgehead atoms. The molecule has 178 valence electrons. The molecule has 1 unspecified atom stereocenters. The van der Waals surface area contributed by atoms with Crippen LogP contribution in [0.3, 0.4) is 0 Å². The Morgan fingerprint density at radius 1 is 1.35 bits per heavy atom. The molecule has 0 radical (unpaired) electrons. The number of para-hydroxylation sites is 1. The van der Waals surface area contributed by atoms with Gasteiger partial charge in [-0.3, -0.25) is 19.3 Å². The van der Waals surface area contributed by atoms with E-state index >= 15 is 0 Å². The van der Waals surface area contributed by atoms with Crippen molar-refractivity contribution in [3.8, 4) is 5.75 Å². The van der Waals surface area contributed by atoms with Gasteiger partial charge in [-0.1, -0.05) is 18.2 Å². The lowest BCUT2D eigenvalue weighted by Crippen LogP contribution is -2.57. The van der Waals surface area contributed by atoms with E-state index in [1.165, 1.54) is 11.9 Å². The topological polar surface area (TPSA) is 155 Å². The maximum atomic E-state index is 13.3. The van der Waals surface area contributed by atoms with Gasteiger partial charge in [0.25, 0.3) is 0 Å². The minimum absolute atomic E-state index is 0.00165. The number of nitrogens with zero attached hydrogens (tertiary/aromatic N) is 3. The Hall–Kier alpha value is -3.45. The summed E-state index contributed by atoms with van der Waals surface area (Å²) in [5.41, 5.74) is 7.71. The first kappa shape index (κ1) is 23.7. The summed E-state index contributed by atoms with van der Waals surface area (Å²) in [6.07, 6.45) is 0.293. The van der Waals surface area contributed by atoms with Crippen LogP contribution in [0.5, 0.6) is 5.75 Å². The molecule has 2 aromatic rings. The van der Waals surface area contributed by atoms with Gasteiger partial charge < -0.3 is 25.6 Å². The number of hydrogen-bond acceptors (Lipinski definition) is 9. The van der Waals surface area contributed by atoms with Gasteiger partial charge in [0.2, 0.25) is 0 Å². The Balaban J connectivity index is 1.52. The number of hydrogen-bond donors (Lipinski definition) is 3. The second-order valence-electron chi connectivity index (χ2n) is 8.38. The predicted molar refractivity (Wildman–Crippen MR) is 124 cm³/mol. The predicted octanol–water partition coefficient (Wildman–Crippen LogP) is 0.530. The third-order valence-corrected chi connectivity index (χ3v) is 6.68. The molecule has 3 heterocycles. The number of nitrogens with one attached hydrogen (secondary N) is 1. The van der Waals surface area contributed by atoms with Crippen LogP contribution in [0.4, 0.5) is 9.93 Å². The first-order valence-electron chi connectivity index (χ1n) is 10.7. The summed E-state index contributed by atoms with van der Waals surface area (Å²) in [6.45, 7) is 2.06. The Kier molecular flexibility index (Phi) is 6.57. The number of carbonyl (C=O) groups excluding carboxylic acids is 4. The Morgan fingerprint density at radius 3 is 2.82 bits per heavy atom. The zero-order valence-electron chi connectivity index (χ0n) is 18.7. The van der Waals surface area contributed by atoms with Gasteiger partial charge in [0, 0.05) is 37.8 Å². The number of benzene rings is 1. The number of anilines is 1. The summed E-state index contributed by atoms with van der Waals surface area (Å²) in [5.74, 6) is -2.16. The molecule has 11 nitrogen and oxygen atoms in total. The summed E-state index contributed by atoms with van der Waals surface area (Å²) < 4.78 is 5.67. The summed E-state index contributed by atoms with van der Waals surface area (Å²) in [6, 6.07) is 3.54. The van der Waals surface area contributed by atoms with E-state index in [-0.39, 0.29) is 30.3 Å². The molecular weight excluding hydrogens is 461 g/mol. The number of Topliss-reactive ketones (excluding diaryl/α,β-unsaturated/α-hetero) is 1. The maximum absolute atomic E-state index is 13.3. The van der Waals surface area contributed by atoms with Gasteiger partial charge in [-0.15, -0.1) is 11.3 Å². The fourth-order valence-corrected chi connectivity index (χ4v) is 4.66. The SMILES string of the molecule is Cc1cccc2c1OB(O)[C@@H](CC(=O)C(NC(=O)N1CCN(C)C(=O)C1=O)c1csc(N)n1)C2. The highest BCUT2D eigenvalue weighted by Crippen LogP contribution is 2.36. The van der Waals surface area contributed by atoms with E-state index in [1.807, 2.05) is 25.1 Å². The van der Waals surface area contributed by atoms with E-state index in [9.17, 15) is 24.2 Å². The lowest BCUT2D eigenvalue weighted by Gasteiger charge is -2.31. The Bertz CT molecular complexity index is 1160. The molecule has 0 spiro atoms. The lowest BCUT2D eigenvalue weighted by atomic mass is 9.64. The molecule has 2 aliphatic rings. The third-order valence-electron chi connectivity index (χ3n) is 5.99. The number of nitrogen functional groups attached to an aromatic ring is 1. The average molecular weight is 485 g/mol. The molecule has 2 aliphatic heterocycles. The molecule has 0 aliphatic carbocycles. The normalized spacial score (nSPS) is 18.9. The molecule has 1 fully saturated rings. The molecule has 34 heavy (non-hydrogen) atoms. The van der Waals surface area contributed by atoms with Crippen LogP contribution in [0.25, 0.3) is 0 Å². The summed E-state index contributed by atoms with van der Waals surface area (Å²) in [7, 11) is 0.267. The largest absolute Gasteiger partial charge is 0.536 e. The first-order valence-corrected chi connectivity index (χ1v) is 11.6. The number of imide groups is 1. The van der Waals surface area contributed by atoms with Crippen molar-refractivity contribution >= 4 is 47.2 Å². The van der Waals surface area contributed by atoms with Crippen molar-refractivity contribution in [3.63, 3.8) is 0 Å². The minimum atomic E-state index is -1.21. The standard InChI is InChI=1S/C21H24BN5O6S/c1-11-4-3-5-12-8-13(22(32)33-17(11)12)9-15(28)16(14-10-34-20(23)24-14)25-21(31)27-7-6-26(2)18(29)19(27)30/h3-5,10,13,16,32H,6-9H2,1-2H3,(H2,23,24)(H,25,31)/t13-,16?/m1/s1. The van der Waals surface area contributed by atoms with Crippen molar-refractivity contribution in [2.45, 2.75) is 31.6 Å². The first-order chi connectivity index (χ1) is 16.2. The molecule has 4 rings (SSSR count). The smallest absolute Gasteiger partial charge is 0.526 e. The number of aromatic nitrogens is 1. The molecule has 1 aromatic heterocycles. The zero-order valence-corrected chi connectivity index (χ0v) is 19.5. The van der Waals surface area contributed by atoms with Crippen LogP contribution < -0.4 is 15.7 Å². The van der Waals surface area contributed by atoms with Gasteiger partial charge in [0.15, 0.2) is 10.9 Å². The second-order valence-corrected chi connectivity index (χ2v) is 9.27. The van der Waals surface area contributed by atoms with Crippen LogP contribution in [0.2, 0.25) is 5.82 Å². The molecule has 4 amide bonds. The van der Waals surface area contributed by atoms with E-state index in [0.29, 0.717) is 12.2 Å². The van der Waals surface area contributed by atoms with E-state index in [1.54, 1.807) is 5.38 Å². The van der Waals surface area contributed by atoms with Crippen LogP contribution >= 0.6 is 11.3 Å². The number of ketones is 1. The van der Waals surface area contributed by atoms with Crippen molar-refractivity contribution in [1.82, 2.24) is 20.1 Å². The molecule has 1 saturated heterocycles. The lowest BCUT2D eigenvalue weighted by molar-refractivity contribution is -0.152. The number of likely N-dealkylation sites (N-methyl/N-ethyl adjacent to an activating group) is 1. The zero-order chi connectivity index (χ0) is 24.6. The van der Waals surface area contributed by atoms with Crippen LogP contribution in [0.15, 0.2) is 23.6 Å². The van der Waals surface area contributed by atoms with E-state index in [4.69, 9.17) is 10.4 Å². The summed E-state index contributed by atoms with van der Waals surface area (Å²) >= 11 is 1.10. The minimum Gasteiger partial charge on any atom is -0.536 e. The molecule has 1 aromatic carbocycles. The average Bonchev–Trinajstić information content (AvgIpc) is 3.22. The molecule has 4 N–H and O–H groups in total. The van der Waals surface area contributed by atoms with Crippen molar-refractivity contribution < 1.29 is 28.9 Å². The maximum Gasteiger partial charge on any atom is 0.526 e. The Morgan fingerprint density at radius 2 is 2.12 bits per heavy atom. The molecular formula is C21H24BN5O6S. The number of aryl methyl sites for hydroxylation is 1. The van der Waals surface area contributed by atoms with Gasteiger partial charge in [-0.2, -0.15) is 0 Å². The highest BCUT2D eigenvalue weighted by Gasteiger charge is 2.40. The monoisotopic (exact) mass is 485 g/mol. The van der Waals surface area contributed by atoms with Crippen molar-refractivity contribution in [2.75, 3.05) is 25.9 Å². The third kappa shape index (κ3) is 4.61. The number of amides is 4. The van der Waals surface area contributed by atoms with Gasteiger partial charge >= 0.3 is 25.0 Å². The van der Waals surface area contributed by atoms with Crippen molar-refractivity contribution in [2.24, 2.45) is 0 Å². The number of nitrogens with two attached hydrogens (primary N) is 1. The fraction of sp³-hybridized carbons (Fsp3) is 0.381. The number of piperazine rings is 1. The number of fused-ring (bicyclic) bond motifs is 1. The number of thiazole rings is 1. The Labute approximate surface area is 200 Å². The van der Waals surface area contributed by atoms with Gasteiger partial charge in [0.1, 0.15) is 11.8 Å². The van der Waals surface area contributed by atoms with Gasteiger partial charge in [-0.05, 0) is 24.5 Å². The summed E-state index contributed by atoms with van der Waals surface area (Å²) in [5, 5.41) is 14.8. The van der Waals surface area contributed by atoms with Crippen LogP contribution in [-0.2, 0) is 20.8 Å². The van der Waals surface area contributed by atoms with Crippen LogP contribution in [-0.4, -0.2) is 70.7 Å². The second kappa shape index (κ2) is 9.43. The number of urea groups is 1. The highest BCUT2D eigenvalue weighted by molar-refractivity contribution is 7.13. The van der Waals surface area contributed by atoms with Crippen molar-refractivity contribution in [1.29, 1.82) is 0 Å². The number of rotatable bonds is 5. The van der Waals surface area contributed by atoms with Gasteiger partial charge in [0.05, 0.1) is 5.69 Å². The fourth-order valence-electron chi connectivity index (χ4n) is 4.07. The van der Waals surface area contributed by atoms with Crippen LogP contribution in [0.1, 0.15) is 29.3 Å². The number of carbonyl (C=O) groups is 4. The molecule has 2 atom stereocenters. The molecule has 0 saturated carbocycles.